The van der Waals surface area contributed by atoms with Crippen LogP contribution in [-0.2, 0) is 7.05 Å². The molecule has 0 aliphatic carbocycles. The fourth-order valence-electron chi connectivity index (χ4n) is 1.83. The van der Waals surface area contributed by atoms with Gasteiger partial charge in [-0.3, -0.25) is 9.97 Å². The molecular formula is C12H9N5O2. The Bertz CT molecular complexity index is 781. The van der Waals surface area contributed by atoms with Crippen LogP contribution in [0, 0.1) is 0 Å². The lowest BCUT2D eigenvalue weighted by Crippen LogP contribution is -2.02. The molecule has 0 saturated carbocycles. The van der Waals surface area contributed by atoms with Crippen LogP contribution >= 0.6 is 0 Å². The topological polar surface area (TPSA) is 93.8 Å². The highest BCUT2D eigenvalue weighted by Gasteiger charge is 2.12. The van der Waals surface area contributed by atoms with Gasteiger partial charge in [0.1, 0.15) is 5.52 Å². The van der Waals surface area contributed by atoms with Gasteiger partial charge >= 0.3 is 5.97 Å². The van der Waals surface area contributed by atoms with Crippen molar-refractivity contribution in [1.82, 2.24) is 24.5 Å². The second kappa shape index (κ2) is 4.13. The lowest BCUT2D eigenvalue weighted by atomic mass is 10.2. The second-order valence-corrected chi connectivity index (χ2v) is 4.00. The van der Waals surface area contributed by atoms with Gasteiger partial charge in [-0.25, -0.2) is 14.8 Å². The van der Waals surface area contributed by atoms with Crippen molar-refractivity contribution in [3.63, 3.8) is 0 Å². The van der Waals surface area contributed by atoms with Crippen LogP contribution in [0.15, 0.2) is 31.1 Å². The molecule has 3 aromatic heterocycles. The lowest BCUT2D eigenvalue weighted by Gasteiger charge is -2.02. The number of aromatic nitrogens is 5. The van der Waals surface area contributed by atoms with Crippen LogP contribution in [0.5, 0.6) is 0 Å². The molecule has 0 unspecified atom stereocenters. The van der Waals surface area contributed by atoms with Crippen LogP contribution < -0.4 is 0 Å². The van der Waals surface area contributed by atoms with E-state index in [-0.39, 0.29) is 5.69 Å². The number of hydrogen-bond acceptors (Lipinski definition) is 5. The monoisotopic (exact) mass is 255 g/mol. The number of aromatic carboxylic acids is 1. The van der Waals surface area contributed by atoms with Gasteiger partial charge in [-0.1, -0.05) is 0 Å². The van der Waals surface area contributed by atoms with Gasteiger partial charge in [0.2, 0.25) is 0 Å². The summed E-state index contributed by atoms with van der Waals surface area (Å²) in [6.07, 6.45) is 7.67. The lowest BCUT2D eigenvalue weighted by molar-refractivity contribution is 0.0690. The number of nitrogens with zero attached hydrogens (tertiary/aromatic N) is 5. The van der Waals surface area contributed by atoms with E-state index in [1.165, 1.54) is 12.4 Å². The van der Waals surface area contributed by atoms with Gasteiger partial charge in [-0.15, -0.1) is 0 Å². The van der Waals surface area contributed by atoms with E-state index in [1.807, 2.05) is 11.6 Å². The summed E-state index contributed by atoms with van der Waals surface area (Å²) in [5, 5.41) is 8.94. The zero-order valence-corrected chi connectivity index (χ0v) is 9.98. The summed E-state index contributed by atoms with van der Waals surface area (Å²) < 4.78 is 1.83. The minimum absolute atomic E-state index is 0.106. The molecule has 0 aromatic carbocycles. The van der Waals surface area contributed by atoms with Gasteiger partial charge in [0.15, 0.2) is 5.69 Å². The second-order valence-electron chi connectivity index (χ2n) is 4.00. The van der Waals surface area contributed by atoms with E-state index in [0.717, 1.165) is 5.52 Å². The smallest absolute Gasteiger partial charge is 0.356 e. The molecule has 94 valence electrons. The molecule has 7 heteroatoms. The van der Waals surface area contributed by atoms with E-state index >= 15 is 0 Å². The molecule has 0 fully saturated rings. The van der Waals surface area contributed by atoms with Gasteiger partial charge < -0.3 is 9.67 Å². The summed E-state index contributed by atoms with van der Waals surface area (Å²) in [5.74, 6) is -1.12. The standard InChI is InChI=1S/C12H9N5O2/c1-17-6-15-11-7(2-13-5-10(11)17)8-3-14-4-9(16-8)12(18)19/h2-6H,1H3,(H,18,19). The Morgan fingerprint density at radius 1 is 1.21 bits per heavy atom. The first-order valence-corrected chi connectivity index (χ1v) is 5.47. The first-order chi connectivity index (χ1) is 9.16. The van der Waals surface area contributed by atoms with Crippen LogP contribution in [0.2, 0.25) is 0 Å². The van der Waals surface area contributed by atoms with Gasteiger partial charge in [0.25, 0.3) is 0 Å². The van der Waals surface area contributed by atoms with Crippen LogP contribution in [-0.4, -0.2) is 35.6 Å². The minimum Gasteiger partial charge on any atom is -0.476 e. The van der Waals surface area contributed by atoms with Crippen LogP contribution in [0.3, 0.4) is 0 Å². The maximum Gasteiger partial charge on any atom is 0.356 e. The van der Waals surface area contributed by atoms with Gasteiger partial charge in [-0.05, 0) is 0 Å². The molecule has 7 nitrogen and oxygen atoms in total. The molecule has 0 saturated heterocycles. The average Bonchev–Trinajstić information content (AvgIpc) is 2.81. The van der Waals surface area contributed by atoms with Crippen molar-refractivity contribution in [3.05, 3.63) is 36.8 Å². The Balaban J connectivity index is 2.24. The quantitative estimate of drug-likeness (QED) is 0.737. The van der Waals surface area contributed by atoms with Gasteiger partial charge in [0, 0.05) is 18.8 Å². The van der Waals surface area contributed by atoms with Crippen molar-refractivity contribution in [2.24, 2.45) is 7.05 Å². The number of hydrogen-bond donors (Lipinski definition) is 1. The van der Waals surface area contributed by atoms with Crippen molar-refractivity contribution in [3.8, 4) is 11.3 Å². The number of fused-ring (bicyclic) bond motifs is 1. The number of carboxylic acids is 1. The number of carboxylic acid groups (broad SMARTS) is 1. The average molecular weight is 255 g/mol. The molecule has 0 spiro atoms. The summed E-state index contributed by atoms with van der Waals surface area (Å²) in [4.78, 5) is 27.3. The zero-order chi connectivity index (χ0) is 13.4. The number of rotatable bonds is 2. The third kappa shape index (κ3) is 1.81. The largest absolute Gasteiger partial charge is 0.476 e. The maximum absolute atomic E-state index is 10.9. The first kappa shape index (κ1) is 11.3. The molecule has 1 N–H and O–H groups in total. The van der Waals surface area contributed by atoms with E-state index in [4.69, 9.17) is 5.11 Å². The Morgan fingerprint density at radius 2 is 2.00 bits per heavy atom. The molecule has 0 aliphatic rings. The van der Waals surface area contributed by atoms with E-state index in [0.29, 0.717) is 16.8 Å². The fourth-order valence-corrected chi connectivity index (χ4v) is 1.83. The minimum atomic E-state index is -1.12. The fraction of sp³-hybridized carbons (Fsp3) is 0.0833. The summed E-state index contributed by atoms with van der Waals surface area (Å²) in [7, 11) is 1.86. The summed E-state index contributed by atoms with van der Waals surface area (Å²) in [6, 6.07) is 0. The van der Waals surface area contributed by atoms with E-state index in [1.54, 1.807) is 18.7 Å². The molecule has 0 atom stereocenters. The van der Waals surface area contributed by atoms with E-state index < -0.39 is 5.97 Å². The highest BCUT2D eigenvalue weighted by molar-refractivity contribution is 5.91. The molecule has 0 bridgehead atoms. The SMILES string of the molecule is Cn1cnc2c(-c3cncc(C(=O)O)n3)cncc21. The Morgan fingerprint density at radius 3 is 2.79 bits per heavy atom. The van der Waals surface area contributed by atoms with Crippen molar-refractivity contribution in [1.29, 1.82) is 0 Å². The first-order valence-electron chi connectivity index (χ1n) is 5.47. The van der Waals surface area contributed by atoms with Crippen molar-refractivity contribution in [2.75, 3.05) is 0 Å². The number of aryl methyl sites for hydroxylation is 1. The van der Waals surface area contributed by atoms with Crippen LogP contribution in [0.25, 0.3) is 22.3 Å². The molecule has 3 heterocycles. The molecular weight excluding hydrogens is 246 g/mol. The summed E-state index contributed by atoms with van der Waals surface area (Å²) in [6.45, 7) is 0. The summed E-state index contributed by atoms with van der Waals surface area (Å²) >= 11 is 0. The molecule has 0 amide bonds. The number of pyridine rings is 1. The van der Waals surface area contributed by atoms with Crippen molar-refractivity contribution in [2.45, 2.75) is 0 Å². The van der Waals surface area contributed by atoms with E-state index in [9.17, 15) is 4.79 Å². The number of imidazole rings is 1. The Kier molecular flexibility index (Phi) is 2.45. The van der Waals surface area contributed by atoms with Crippen LogP contribution in [0.1, 0.15) is 10.5 Å². The zero-order valence-electron chi connectivity index (χ0n) is 9.98. The Labute approximate surface area is 107 Å². The predicted molar refractivity (Wildman–Crippen MR) is 66.5 cm³/mol. The maximum atomic E-state index is 10.9. The summed E-state index contributed by atoms with van der Waals surface area (Å²) in [5.41, 5.74) is 2.56. The molecule has 3 aromatic rings. The van der Waals surface area contributed by atoms with Crippen molar-refractivity contribution >= 4 is 17.0 Å². The molecule has 0 aliphatic heterocycles. The third-order valence-corrected chi connectivity index (χ3v) is 2.77. The van der Waals surface area contributed by atoms with Gasteiger partial charge in [-0.2, -0.15) is 0 Å². The predicted octanol–water partition coefficient (Wildman–Crippen LogP) is 1.12. The molecule has 0 radical (unpaired) electrons. The Hall–Kier alpha value is -2.83. The highest BCUT2D eigenvalue weighted by atomic mass is 16.4. The third-order valence-electron chi connectivity index (χ3n) is 2.77. The normalized spacial score (nSPS) is 10.8. The number of carbonyl (C=O) groups is 1. The molecule has 19 heavy (non-hydrogen) atoms. The van der Waals surface area contributed by atoms with Crippen LogP contribution in [0.4, 0.5) is 0 Å². The highest BCUT2D eigenvalue weighted by Crippen LogP contribution is 2.24. The molecule has 3 rings (SSSR count). The van der Waals surface area contributed by atoms with Gasteiger partial charge in [0.05, 0.1) is 36.1 Å². The van der Waals surface area contributed by atoms with Crippen molar-refractivity contribution < 1.29 is 9.90 Å². The van der Waals surface area contributed by atoms with E-state index in [2.05, 4.69) is 19.9 Å².